The van der Waals surface area contributed by atoms with Gasteiger partial charge < -0.3 is 10.6 Å². The summed E-state index contributed by atoms with van der Waals surface area (Å²) in [6.07, 6.45) is 6.64. The molecule has 3 heterocycles. The van der Waals surface area contributed by atoms with Gasteiger partial charge in [-0.3, -0.25) is 9.78 Å². The number of amides is 1. The van der Waals surface area contributed by atoms with Crippen molar-refractivity contribution in [1.29, 1.82) is 0 Å². The predicted molar refractivity (Wildman–Crippen MR) is 83.6 cm³/mol. The molecule has 0 saturated carbocycles. The van der Waals surface area contributed by atoms with Crippen molar-refractivity contribution < 1.29 is 4.79 Å². The number of anilines is 1. The third kappa shape index (κ3) is 2.12. The van der Waals surface area contributed by atoms with Gasteiger partial charge in [-0.15, -0.1) is 11.3 Å². The first-order chi connectivity index (χ1) is 10.2. The monoisotopic (exact) mass is 299 g/mol. The highest BCUT2D eigenvalue weighted by atomic mass is 32.1. The van der Waals surface area contributed by atoms with Crippen LogP contribution in [-0.2, 0) is 12.8 Å². The molecule has 2 aliphatic rings. The quantitative estimate of drug-likeness (QED) is 0.850. The van der Waals surface area contributed by atoms with Crippen LogP contribution >= 0.6 is 11.3 Å². The average Bonchev–Trinajstić information content (AvgIpc) is 2.85. The average molecular weight is 299 g/mol. The Morgan fingerprint density at radius 3 is 2.90 bits per heavy atom. The summed E-state index contributed by atoms with van der Waals surface area (Å²) in [6.45, 7) is 2.29. The molecule has 2 atom stereocenters. The van der Waals surface area contributed by atoms with Crippen molar-refractivity contribution >= 4 is 22.2 Å². The Morgan fingerprint density at radius 1 is 1.29 bits per heavy atom. The lowest BCUT2D eigenvalue weighted by Crippen LogP contribution is -2.38. The van der Waals surface area contributed by atoms with Crippen LogP contribution in [0.1, 0.15) is 45.9 Å². The highest BCUT2D eigenvalue weighted by molar-refractivity contribution is 7.16. The van der Waals surface area contributed by atoms with Crippen LogP contribution in [0.25, 0.3) is 0 Å². The molecule has 2 aromatic rings. The molecule has 0 spiro atoms. The molecular weight excluding hydrogens is 282 g/mol. The lowest BCUT2D eigenvalue weighted by atomic mass is 9.88. The third-order valence-corrected chi connectivity index (χ3v) is 5.51. The van der Waals surface area contributed by atoms with E-state index in [1.54, 1.807) is 23.7 Å². The van der Waals surface area contributed by atoms with Gasteiger partial charge in [-0.05, 0) is 48.4 Å². The molecule has 2 aromatic heterocycles. The molecule has 0 unspecified atom stereocenters. The maximum atomic E-state index is 12.5. The minimum atomic E-state index is -0.162. The maximum absolute atomic E-state index is 12.5. The molecule has 21 heavy (non-hydrogen) atoms. The molecule has 0 radical (unpaired) electrons. The highest BCUT2D eigenvalue weighted by Crippen LogP contribution is 2.42. The van der Waals surface area contributed by atoms with Crippen LogP contribution in [0, 0.1) is 5.92 Å². The molecular formula is C16H17N3OS. The van der Waals surface area contributed by atoms with Crippen LogP contribution in [-0.4, -0.2) is 10.9 Å². The zero-order valence-electron chi connectivity index (χ0n) is 11.8. The van der Waals surface area contributed by atoms with Crippen LogP contribution in [0.2, 0.25) is 0 Å². The van der Waals surface area contributed by atoms with E-state index in [-0.39, 0.29) is 12.1 Å². The Labute approximate surface area is 127 Å². The topological polar surface area (TPSA) is 54.0 Å². The van der Waals surface area contributed by atoms with Gasteiger partial charge in [-0.1, -0.05) is 6.92 Å². The van der Waals surface area contributed by atoms with Crippen molar-refractivity contribution in [2.75, 3.05) is 5.32 Å². The van der Waals surface area contributed by atoms with Crippen LogP contribution in [0.5, 0.6) is 0 Å². The number of thiophene rings is 1. The molecule has 0 bridgehead atoms. The fourth-order valence-corrected chi connectivity index (χ4v) is 4.62. The second kappa shape index (κ2) is 4.84. The van der Waals surface area contributed by atoms with E-state index in [0.717, 1.165) is 34.9 Å². The van der Waals surface area contributed by atoms with Crippen molar-refractivity contribution in [2.45, 2.75) is 32.4 Å². The molecule has 4 nitrogen and oxygen atoms in total. The molecule has 1 amide bonds. The summed E-state index contributed by atoms with van der Waals surface area (Å²) < 4.78 is 0. The second-order valence-electron chi connectivity index (χ2n) is 5.89. The normalized spacial score (nSPS) is 23.8. The SMILES string of the molecule is C[C@H]1CCc2c(sc3c2C(=O)N[C@@H](c2ccncc2)N3)C1. The van der Waals surface area contributed by atoms with Crippen LogP contribution in [0.3, 0.4) is 0 Å². The van der Waals surface area contributed by atoms with E-state index < -0.39 is 0 Å². The van der Waals surface area contributed by atoms with Crippen molar-refractivity contribution in [3.05, 3.63) is 46.1 Å². The van der Waals surface area contributed by atoms with E-state index in [9.17, 15) is 4.79 Å². The molecule has 0 saturated heterocycles. The predicted octanol–water partition coefficient (Wildman–Crippen LogP) is 3.12. The van der Waals surface area contributed by atoms with Gasteiger partial charge in [0, 0.05) is 17.3 Å². The molecule has 108 valence electrons. The molecule has 1 aliphatic heterocycles. The molecule has 4 rings (SSSR count). The van der Waals surface area contributed by atoms with Gasteiger partial charge >= 0.3 is 0 Å². The number of aromatic nitrogens is 1. The van der Waals surface area contributed by atoms with Gasteiger partial charge in [-0.25, -0.2) is 0 Å². The van der Waals surface area contributed by atoms with E-state index in [1.165, 1.54) is 16.9 Å². The van der Waals surface area contributed by atoms with Gasteiger partial charge in [0.25, 0.3) is 5.91 Å². The first kappa shape index (κ1) is 12.8. The number of pyridine rings is 1. The summed E-state index contributed by atoms with van der Waals surface area (Å²) in [5.74, 6) is 0.772. The van der Waals surface area contributed by atoms with Crippen LogP contribution < -0.4 is 10.6 Å². The zero-order valence-corrected chi connectivity index (χ0v) is 12.7. The lowest BCUT2D eigenvalue weighted by Gasteiger charge is -2.26. The number of nitrogens with one attached hydrogen (secondary N) is 2. The van der Waals surface area contributed by atoms with Gasteiger partial charge in [0.05, 0.1) is 5.56 Å². The fraction of sp³-hybridized carbons (Fsp3) is 0.375. The summed E-state index contributed by atoms with van der Waals surface area (Å²) >= 11 is 1.76. The number of nitrogens with zero attached hydrogens (tertiary/aromatic N) is 1. The minimum Gasteiger partial charge on any atom is -0.353 e. The third-order valence-electron chi connectivity index (χ3n) is 4.33. The van der Waals surface area contributed by atoms with Crippen molar-refractivity contribution in [3.63, 3.8) is 0 Å². The van der Waals surface area contributed by atoms with Crippen molar-refractivity contribution in [3.8, 4) is 0 Å². The summed E-state index contributed by atoms with van der Waals surface area (Å²) in [6, 6.07) is 3.86. The number of fused-ring (bicyclic) bond motifs is 3. The molecule has 0 fully saturated rings. The number of hydrogen-bond acceptors (Lipinski definition) is 4. The number of carbonyl (C=O) groups excluding carboxylic acids is 1. The van der Waals surface area contributed by atoms with E-state index in [4.69, 9.17) is 0 Å². The lowest BCUT2D eigenvalue weighted by molar-refractivity contribution is 0.0935. The van der Waals surface area contributed by atoms with E-state index in [1.807, 2.05) is 12.1 Å². The van der Waals surface area contributed by atoms with Crippen LogP contribution in [0.4, 0.5) is 5.00 Å². The summed E-state index contributed by atoms with van der Waals surface area (Å²) in [7, 11) is 0. The van der Waals surface area contributed by atoms with E-state index in [2.05, 4.69) is 22.5 Å². The van der Waals surface area contributed by atoms with E-state index in [0.29, 0.717) is 0 Å². The van der Waals surface area contributed by atoms with E-state index >= 15 is 0 Å². The molecule has 1 aliphatic carbocycles. The van der Waals surface area contributed by atoms with Gasteiger partial charge in [0.15, 0.2) is 0 Å². The summed E-state index contributed by atoms with van der Waals surface area (Å²) in [5.41, 5.74) is 3.18. The Bertz CT molecular complexity index is 695. The van der Waals surface area contributed by atoms with Crippen molar-refractivity contribution in [2.24, 2.45) is 5.92 Å². The minimum absolute atomic E-state index is 0.0533. The largest absolute Gasteiger partial charge is 0.353 e. The maximum Gasteiger partial charge on any atom is 0.256 e. The van der Waals surface area contributed by atoms with Gasteiger partial charge in [0.2, 0.25) is 0 Å². The van der Waals surface area contributed by atoms with Crippen molar-refractivity contribution in [1.82, 2.24) is 10.3 Å². The fourth-order valence-electron chi connectivity index (χ4n) is 3.19. The smallest absolute Gasteiger partial charge is 0.256 e. The van der Waals surface area contributed by atoms with Crippen LogP contribution in [0.15, 0.2) is 24.5 Å². The first-order valence-electron chi connectivity index (χ1n) is 7.34. The molecule has 2 N–H and O–H groups in total. The Kier molecular flexibility index (Phi) is 2.96. The standard InChI is InChI=1S/C16H17N3OS/c1-9-2-3-11-12(8-9)21-16-13(11)15(20)18-14(19-16)10-4-6-17-7-5-10/h4-7,9,14,19H,2-3,8H2,1H3,(H,18,20)/t9-,14+/m0/s1. The Morgan fingerprint density at radius 2 is 2.10 bits per heavy atom. The molecule has 5 heteroatoms. The number of carbonyl (C=O) groups is 1. The zero-order chi connectivity index (χ0) is 14.4. The number of rotatable bonds is 1. The van der Waals surface area contributed by atoms with Gasteiger partial charge in [0.1, 0.15) is 11.2 Å². The second-order valence-corrected chi connectivity index (χ2v) is 6.99. The first-order valence-corrected chi connectivity index (χ1v) is 8.16. The summed E-state index contributed by atoms with van der Waals surface area (Å²) in [4.78, 5) is 17.9. The molecule has 0 aromatic carbocycles. The highest BCUT2D eigenvalue weighted by Gasteiger charge is 2.32. The Hall–Kier alpha value is -1.88. The summed E-state index contributed by atoms with van der Waals surface area (Å²) in [5, 5.41) is 7.57. The number of hydrogen-bond donors (Lipinski definition) is 2. The Balaban J connectivity index is 1.71. The van der Waals surface area contributed by atoms with Gasteiger partial charge in [-0.2, -0.15) is 0 Å².